The molecule has 1 saturated heterocycles. The van der Waals surface area contributed by atoms with Crippen LogP contribution in [-0.2, 0) is 9.47 Å². The zero-order chi connectivity index (χ0) is 22.9. The van der Waals surface area contributed by atoms with Gasteiger partial charge in [0.1, 0.15) is 5.75 Å². The standard InChI is InChI=1S/C28H38O4/c1-5-31-25-14-10-9-13-23(15-16-32-26(19-25)22-11-7-6-8-12-22)27(29)24-17-20(2)28(30-4)21(3)18-24/h6-8,11-12,17-18,23,25-26H,5,9-10,13-16,19H2,1-4H3. The van der Waals surface area contributed by atoms with Crippen LogP contribution in [0.3, 0.4) is 0 Å². The van der Waals surface area contributed by atoms with E-state index in [4.69, 9.17) is 14.2 Å². The van der Waals surface area contributed by atoms with E-state index >= 15 is 0 Å². The smallest absolute Gasteiger partial charge is 0.166 e. The van der Waals surface area contributed by atoms with E-state index < -0.39 is 0 Å². The Morgan fingerprint density at radius 1 is 1.03 bits per heavy atom. The summed E-state index contributed by atoms with van der Waals surface area (Å²) in [7, 11) is 1.68. The van der Waals surface area contributed by atoms with E-state index in [1.807, 2.05) is 32.0 Å². The molecular weight excluding hydrogens is 400 g/mol. The van der Waals surface area contributed by atoms with Gasteiger partial charge in [-0.15, -0.1) is 0 Å². The molecule has 4 heteroatoms. The lowest BCUT2D eigenvalue weighted by Gasteiger charge is -2.24. The van der Waals surface area contributed by atoms with Crippen molar-refractivity contribution in [1.82, 2.24) is 0 Å². The number of aryl methyl sites for hydroxylation is 2. The first-order valence-corrected chi connectivity index (χ1v) is 12.0. The maximum atomic E-state index is 13.5. The van der Waals surface area contributed by atoms with Gasteiger partial charge in [-0.2, -0.15) is 0 Å². The normalized spacial score (nSPS) is 22.7. The van der Waals surface area contributed by atoms with Crippen LogP contribution in [0.2, 0.25) is 0 Å². The van der Waals surface area contributed by atoms with Crippen LogP contribution >= 0.6 is 0 Å². The van der Waals surface area contributed by atoms with Gasteiger partial charge in [-0.05, 0) is 68.9 Å². The molecule has 3 unspecified atom stereocenters. The molecule has 0 saturated carbocycles. The summed E-state index contributed by atoms with van der Waals surface area (Å²) in [6, 6.07) is 14.3. The number of hydrogen-bond acceptors (Lipinski definition) is 4. The Bertz CT molecular complexity index is 838. The molecule has 3 rings (SSSR count). The molecule has 174 valence electrons. The predicted molar refractivity (Wildman–Crippen MR) is 129 cm³/mol. The molecule has 0 bridgehead atoms. The Labute approximate surface area is 193 Å². The van der Waals surface area contributed by atoms with Gasteiger partial charge < -0.3 is 14.2 Å². The minimum absolute atomic E-state index is 0.00734. The van der Waals surface area contributed by atoms with Crippen molar-refractivity contribution in [2.24, 2.45) is 5.92 Å². The lowest BCUT2D eigenvalue weighted by molar-refractivity contribution is -0.0197. The monoisotopic (exact) mass is 438 g/mol. The fourth-order valence-corrected chi connectivity index (χ4v) is 4.88. The highest BCUT2D eigenvalue weighted by Crippen LogP contribution is 2.31. The van der Waals surface area contributed by atoms with Crippen molar-refractivity contribution in [2.45, 2.75) is 71.5 Å². The fourth-order valence-electron chi connectivity index (χ4n) is 4.88. The van der Waals surface area contributed by atoms with Gasteiger partial charge in [-0.3, -0.25) is 4.79 Å². The lowest BCUT2D eigenvalue weighted by Crippen LogP contribution is -2.20. The van der Waals surface area contributed by atoms with E-state index in [1.165, 1.54) is 5.56 Å². The molecule has 0 N–H and O–H groups in total. The van der Waals surface area contributed by atoms with E-state index in [-0.39, 0.29) is 23.9 Å². The molecule has 3 atom stereocenters. The van der Waals surface area contributed by atoms with Gasteiger partial charge in [-0.25, -0.2) is 0 Å². The summed E-state index contributed by atoms with van der Waals surface area (Å²) in [6.07, 6.45) is 5.76. The average Bonchev–Trinajstić information content (AvgIpc) is 2.83. The van der Waals surface area contributed by atoms with Crippen LogP contribution in [0.1, 0.15) is 78.6 Å². The van der Waals surface area contributed by atoms with Gasteiger partial charge in [-0.1, -0.05) is 43.2 Å². The number of hydrogen-bond donors (Lipinski definition) is 0. The number of ether oxygens (including phenoxy) is 3. The largest absolute Gasteiger partial charge is 0.496 e. The molecule has 1 aliphatic heterocycles. The second-order valence-corrected chi connectivity index (χ2v) is 8.86. The summed E-state index contributed by atoms with van der Waals surface area (Å²) in [4.78, 5) is 13.5. The minimum Gasteiger partial charge on any atom is -0.496 e. The number of methoxy groups -OCH3 is 1. The Hall–Kier alpha value is -2.17. The molecular formula is C28H38O4. The second-order valence-electron chi connectivity index (χ2n) is 8.86. The number of Topliss-reactive ketones (excluding diaryl/α,β-unsaturated/α-hetero) is 1. The molecule has 4 nitrogen and oxygen atoms in total. The van der Waals surface area contributed by atoms with Crippen LogP contribution in [0.15, 0.2) is 42.5 Å². The van der Waals surface area contributed by atoms with Crippen molar-refractivity contribution >= 4 is 5.78 Å². The van der Waals surface area contributed by atoms with Crippen LogP contribution < -0.4 is 4.74 Å². The third-order valence-corrected chi connectivity index (χ3v) is 6.48. The average molecular weight is 439 g/mol. The van der Waals surface area contributed by atoms with Crippen LogP contribution in [0, 0.1) is 19.8 Å². The molecule has 32 heavy (non-hydrogen) atoms. The number of ketones is 1. The Balaban J connectivity index is 1.77. The van der Waals surface area contributed by atoms with Crippen molar-refractivity contribution in [3.05, 3.63) is 64.7 Å². The fraction of sp³-hybridized carbons (Fsp3) is 0.536. The molecule has 1 aliphatic rings. The number of carbonyl (C=O) groups is 1. The van der Waals surface area contributed by atoms with Gasteiger partial charge in [0, 0.05) is 31.1 Å². The highest BCUT2D eigenvalue weighted by Gasteiger charge is 2.25. The zero-order valence-corrected chi connectivity index (χ0v) is 20.1. The molecule has 0 amide bonds. The molecule has 0 spiro atoms. The second kappa shape index (κ2) is 12.2. The van der Waals surface area contributed by atoms with E-state index in [9.17, 15) is 4.79 Å². The van der Waals surface area contributed by atoms with Crippen molar-refractivity contribution in [3.63, 3.8) is 0 Å². The first-order valence-electron chi connectivity index (χ1n) is 12.0. The van der Waals surface area contributed by atoms with Crippen LogP contribution in [-0.4, -0.2) is 32.2 Å². The SMILES string of the molecule is CCOC1CCCCC(C(=O)c2cc(C)c(OC)c(C)c2)CCOC(c2ccccc2)C1. The summed E-state index contributed by atoms with van der Waals surface area (Å²) >= 11 is 0. The minimum atomic E-state index is -0.0257. The predicted octanol–water partition coefficient (Wildman–Crippen LogP) is 6.63. The van der Waals surface area contributed by atoms with E-state index in [0.29, 0.717) is 13.2 Å². The summed E-state index contributed by atoms with van der Waals surface area (Å²) in [6.45, 7) is 7.34. The number of rotatable bonds is 6. The van der Waals surface area contributed by atoms with E-state index in [2.05, 4.69) is 31.2 Å². The van der Waals surface area contributed by atoms with Crippen molar-refractivity contribution < 1.29 is 19.0 Å². The third-order valence-electron chi connectivity index (χ3n) is 6.48. The summed E-state index contributed by atoms with van der Waals surface area (Å²) in [5.74, 6) is 1.06. The van der Waals surface area contributed by atoms with Gasteiger partial charge in [0.05, 0.1) is 19.3 Å². The molecule has 2 aromatic carbocycles. The maximum absolute atomic E-state index is 13.5. The number of carbonyl (C=O) groups excluding carboxylic acids is 1. The first kappa shape index (κ1) is 24.5. The van der Waals surface area contributed by atoms with E-state index in [1.54, 1.807) is 7.11 Å². The summed E-state index contributed by atoms with van der Waals surface area (Å²) in [5, 5.41) is 0. The van der Waals surface area contributed by atoms with Crippen LogP contribution in [0.4, 0.5) is 0 Å². The lowest BCUT2D eigenvalue weighted by atomic mass is 9.88. The quantitative estimate of drug-likeness (QED) is 0.475. The maximum Gasteiger partial charge on any atom is 0.166 e. The van der Waals surface area contributed by atoms with Crippen LogP contribution in [0.5, 0.6) is 5.75 Å². The Morgan fingerprint density at radius 3 is 2.38 bits per heavy atom. The summed E-state index contributed by atoms with van der Waals surface area (Å²) in [5.41, 5.74) is 3.98. The zero-order valence-electron chi connectivity index (χ0n) is 20.1. The highest BCUT2D eigenvalue weighted by molar-refractivity contribution is 5.98. The molecule has 2 aromatic rings. The number of benzene rings is 2. The molecule has 0 aliphatic carbocycles. The first-order chi connectivity index (χ1) is 15.5. The Morgan fingerprint density at radius 2 is 1.72 bits per heavy atom. The van der Waals surface area contributed by atoms with Crippen LogP contribution in [0.25, 0.3) is 0 Å². The topological polar surface area (TPSA) is 44.8 Å². The van der Waals surface area contributed by atoms with Gasteiger partial charge in [0.25, 0.3) is 0 Å². The third kappa shape index (κ3) is 6.43. The van der Waals surface area contributed by atoms with Gasteiger partial charge in [0.15, 0.2) is 5.78 Å². The van der Waals surface area contributed by atoms with Crippen molar-refractivity contribution in [2.75, 3.05) is 20.3 Å². The van der Waals surface area contributed by atoms with E-state index in [0.717, 1.165) is 61.0 Å². The van der Waals surface area contributed by atoms with Gasteiger partial charge in [0.2, 0.25) is 0 Å². The van der Waals surface area contributed by atoms with Gasteiger partial charge >= 0.3 is 0 Å². The summed E-state index contributed by atoms with van der Waals surface area (Å²) < 4.78 is 17.9. The Kier molecular flexibility index (Phi) is 9.31. The van der Waals surface area contributed by atoms with Crippen molar-refractivity contribution in [1.29, 1.82) is 0 Å². The highest BCUT2D eigenvalue weighted by atomic mass is 16.5. The molecule has 0 radical (unpaired) electrons. The molecule has 1 fully saturated rings. The molecule has 1 heterocycles. The van der Waals surface area contributed by atoms with Crippen molar-refractivity contribution in [3.8, 4) is 5.75 Å². The molecule has 0 aromatic heterocycles.